The molecule has 0 spiro atoms. The Kier molecular flexibility index (Phi) is 6.55. The van der Waals surface area contributed by atoms with Crippen molar-refractivity contribution < 1.29 is 4.74 Å². The smallest absolute Gasteiger partial charge is 0.118 e. The number of benzene rings is 3. The molecule has 25 heavy (non-hydrogen) atoms. The molecule has 0 unspecified atom stereocenters. The van der Waals surface area contributed by atoms with Crippen LogP contribution in [0.3, 0.4) is 0 Å². The third kappa shape index (κ3) is 5.66. The van der Waals surface area contributed by atoms with Crippen molar-refractivity contribution in [3.05, 3.63) is 90.0 Å². The second-order valence-electron chi connectivity index (χ2n) is 5.83. The van der Waals surface area contributed by atoms with E-state index in [0.717, 1.165) is 25.3 Å². The molecule has 0 aliphatic rings. The molecule has 0 saturated carbocycles. The molecule has 0 amide bonds. The molecule has 0 bridgehead atoms. The van der Waals surface area contributed by atoms with Crippen LogP contribution in [-0.4, -0.2) is 13.7 Å². The van der Waals surface area contributed by atoms with E-state index in [1.165, 1.54) is 20.9 Å². The van der Waals surface area contributed by atoms with E-state index in [-0.39, 0.29) is 0 Å². The monoisotopic (exact) mass is 349 g/mol. The molecule has 0 fully saturated rings. The van der Waals surface area contributed by atoms with E-state index < -0.39 is 0 Å². The molecule has 0 radical (unpaired) electrons. The van der Waals surface area contributed by atoms with E-state index >= 15 is 0 Å². The Morgan fingerprint density at radius 3 is 2.04 bits per heavy atom. The zero-order chi connectivity index (χ0) is 17.3. The van der Waals surface area contributed by atoms with Gasteiger partial charge >= 0.3 is 0 Å². The van der Waals surface area contributed by atoms with Crippen molar-refractivity contribution in [3.8, 4) is 5.75 Å². The van der Waals surface area contributed by atoms with Crippen LogP contribution in [0.4, 0.5) is 0 Å². The number of nitrogens with one attached hydrogen (secondary N) is 1. The van der Waals surface area contributed by atoms with Gasteiger partial charge in [0.05, 0.1) is 7.11 Å². The molecular formula is C22H23NOS. The van der Waals surface area contributed by atoms with Gasteiger partial charge in [0.2, 0.25) is 0 Å². The van der Waals surface area contributed by atoms with Gasteiger partial charge in [-0.1, -0.05) is 54.2 Å². The molecule has 0 saturated heterocycles. The lowest BCUT2D eigenvalue weighted by atomic mass is 10.1. The van der Waals surface area contributed by atoms with E-state index in [0.29, 0.717) is 0 Å². The number of rotatable bonds is 8. The lowest BCUT2D eigenvalue weighted by molar-refractivity contribution is 0.414. The van der Waals surface area contributed by atoms with Crippen LogP contribution in [0.5, 0.6) is 5.75 Å². The Labute approximate surface area is 154 Å². The molecule has 3 rings (SSSR count). The number of ether oxygens (including phenoxy) is 1. The number of methoxy groups -OCH3 is 1. The van der Waals surface area contributed by atoms with Gasteiger partial charge in [-0.2, -0.15) is 0 Å². The maximum atomic E-state index is 5.19. The maximum Gasteiger partial charge on any atom is 0.118 e. The van der Waals surface area contributed by atoms with Crippen molar-refractivity contribution in [2.24, 2.45) is 0 Å². The summed E-state index contributed by atoms with van der Waals surface area (Å²) in [6.45, 7) is 1.91. The summed E-state index contributed by atoms with van der Waals surface area (Å²) in [6, 6.07) is 27.5. The van der Waals surface area contributed by atoms with Crippen LogP contribution in [0.25, 0.3) is 0 Å². The molecule has 0 atom stereocenters. The van der Waals surface area contributed by atoms with Crippen LogP contribution in [0, 0.1) is 0 Å². The SMILES string of the molecule is COc1ccc(Sc2ccc(CCNCc3ccccc3)cc2)cc1. The van der Waals surface area contributed by atoms with Gasteiger partial charge in [0.1, 0.15) is 5.75 Å². The first-order chi connectivity index (χ1) is 12.3. The van der Waals surface area contributed by atoms with Gasteiger partial charge in [-0.15, -0.1) is 0 Å². The summed E-state index contributed by atoms with van der Waals surface area (Å²) < 4.78 is 5.19. The van der Waals surface area contributed by atoms with Crippen LogP contribution >= 0.6 is 11.8 Å². The van der Waals surface area contributed by atoms with E-state index in [4.69, 9.17) is 4.74 Å². The molecule has 3 aromatic rings. The molecule has 3 heteroatoms. The van der Waals surface area contributed by atoms with Gasteiger partial charge in [0.25, 0.3) is 0 Å². The second-order valence-corrected chi connectivity index (χ2v) is 6.98. The van der Waals surface area contributed by atoms with Crippen molar-refractivity contribution in [3.63, 3.8) is 0 Å². The summed E-state index contributed by atoms with van der Waals surface area (Å²) in [5, 5.41) is 3.50. The van der Waals surface area contributed by atoms with Crippen LogP contribution in [0.15, 0.2) is 88.7 Å². The molecule has 0 aliphatic heterocycles. The highest BCUT2D eigenvalue weighted by molar-refractivity contribution is 7.99. The predicted octanol–water partition coefficient (Wildman–Crippen LogP) is 5.18. The lowest BCUT2D eigenvalue weighted by Gasteiger charge is -2.07. The summed E-state index contributed by atoms with van der Waals surface area (Å²) in [5.41, 5.74) is 2.69. The quantitative estimate of drug-likeness (QED) is 0.566. The Morgan fingerprint density at radius 1 is 0.760 bits per heavy atom. The van der Waals surface area contributed by atoms with Crippen LogP contribution in [-0.2, 0) is 13.0 Å². The van der Waals surface area contributed by atoms with Crippen molar-refractivity contribution in [2.75, 3.05) is 13.7 Å². The molecular weight excluding hydrogens is 326 g/mol. The van der Waals surface area contributed by atoms with Gasteiger partial charge in [0, 0.05) is 16.3 Å². The Balaban J connectivity index is 1.45. The third-order valence-electron chi connectivity index (χ3n) is 3.98. The number of hydrogen-bond acceptors (Lipinski definition) is 3. The summed E-state index contributed by atoms with van der Waals surface area (Å²) in [7, 11) is 1.69. The normalized spacial score (nSPS) is 10.6. The summed E-state index contributed by atoms with van der Waals surface area (Å²) in [4.78, 5) is 2.48. The topological polar surface area (TPSA) is 21.3 Å². The fourth-order valence-electron chi connectivity index (χ4n) is 2.57. The minimum absolute atomic E-state index is 0.891. The molecule has 2 nitrogen and oxygen atoms in total. The molecule has 0 aromatic heterocycles. The fraction of sp³-hybridized carbons (Fsp3) is 0.182. The van der Waals surface area contributed by atoms with E-state index in [1.807, 2.05) is 12.1 Å². The van der Waals surface area contributed by atoms with E-state index in [9.17, 15) is 0 Å². The van der Waals surface area contributed by atoms with Crippen molar-refractivity contribution in [1.82, 2.24) is 5.32 Å². The first-order valence-electron chi connectivity index (χ1n) is 8.49. The molecule has 0 aliphatic carbocycles. The van der Waals surface area contributed by atoms with Gasteiger partial charge in [-0.3, -0.25) is 0 Å². The van der Waals surface area contributed by atoms with E-state index in [2.05, 4.69) is 72.0 Å². The average molecular weight is 349 g/mol. The van der Waals surface area contributed by atoms with Crippen LogP contribution in [0.1, 0.15) is 11.1 Å². The van der Waals surface area contributed by atoms with Gasteiger partial charge < -0.3 is 10.1 Å². The second kappa shape index (κ2) is 9.30. The number of hydrogen-bond donors (Lipinski definition) is 1. The maximum absolute atomic E-state index is 5.19. The minimum atomic E-state index is 0.891. The highest BCUT2D eigenvalue weighted by Crippen LogP contribution is 2.29. The first kappa shape index (κ1) is 17.6. The van der Waals surface area contributed by atoms with Crippen LogP contribution in [0.2, 0.25) is 0 Å². The third-order valence-corrected chi connectivity index (χ3v) is 5.00. The van der Waals surface area contributed by atoms with E-state index in [1.54, 1.807) is 18.9 Å². The van der Waals surface area contributed by atoms with Gasteiger partial charge in [-0.05, 0) is 60.5 Å². The molecule has 1 N–H and O–H groups in total. The molecule has 128 valence electrons. The van der Waals surface area contributed by atoms with Crippen molar-refractivity contribution in [2.45, 2.75) is 22.8 Å². The largest absolute Gasteiger partial charge is 0.497 e. The Hall–Kier alpha value is -2.23. The lowest BCUT2D eigenvalue weighted by Crippen LogP contribution is -2.16. The summed E-state index contributed by atoms with van der Waals surface area (Å²) >= 11 is 1.77. The van der Waals surface area contributed by atoms with Gasteiger partial charge in [0.15, 0.2) is 0 Å². The fourth-order valence-corrected chi connectivity index (χ4v) is 3.38. The Bertz CT molecular complexity index is 754. The zero-order valence-corrected chi connectivity index (χ0v) is 15.3. The summed E-state index contributed by atoms with van der Waals surface area (Å²) in [5.74, 6) is 0.891. The molecule has 3 aromatic carbocycles. The van der Waals surface area contributed by atoms with Crippen molar-refractivity contribution in [1.29, 1.82) is 0 Å². The highest BCUT2D eigenvalue weighted by atomic mass is 32.2. The van der Waals surface area contributed by atoms with Crippen molar-refractivity contribution >= 4 is 11.8 Å². The standard InChI is InChI=1S/C22H23NOS/c1-24-20-9-13-22(14-10-20)25-21-11-7-18(8-12-21)15-16-23-17-19-5-3-2-4-6-19/h2-14,23H,15-17H2,1H3. The van der Waals surface area contributed by atoms with Gasteiger partial charge in [-0.25, -0.2) is 0 Å². The Morgan fingerprint density at radius 2 is 1.40 bits per heavy atom. The first-order valence-corrected chi connectivity index (χ1v) is 9.30. The van der Waals surface area contributed by atoms with Crippen LogP contribution < -0.4 is 10.1 Å². The summed E-state index contributed by atoms with van der Waals surface area (Å²) in [6.07, 6.45) is 1.04. The average Bonchev–Trinajstić information content (AvgIpc) is 2.68. The minimum Gasteiger partial charge on any atom is -0.497 e. The predicted molar refractivity (Wildman–Crippen MR) is 105 cm³/mol. The molecule has 0 heterocycles. The highest BCUT2D eigenvalue weighted by Gasteiger charge is 2.00. The zero-order valence-electron chi connectivity index (χ0n) is 14.4.